The average Bonchev–Trinajstić information content (AvgIpc) is 2.95. The standard InChI is InChI=1S/C15H26N6O/c1-10(2)17-15(22)14-9-20-4-3-11(14)5-13(20)8-21-7-12(6-16)18-19-21/h7,10-11,13-14H,3-6,8-9,16H2,1-2H3,(H,17,22)/t11-,13-,14-/m1/s1. The van der Waals surface area contributed by atoms with Gasteiger partial charge < -0.3 is 11.1 Å². The van der Waals surface area contributed by atoms with Crippen LogP contribution in [-0.2, 0) is 17.9 Å². The number of nitrogens with one attached hydrogen (secondary N) is 1. The van der Waals surface area contributed by atoms with Gasteiger partial charge >= 0.3 is 0 Å². The summed E-state index contributed by atoms with van der Waals surface area (Å²) >= 11 is 0. The van der Waals surface area contributed by atoms with Crippen molar-refractivity contribution in [2.24, 2.45) is 17.6 Å². The molecule has 1 unspecified atom stereocenters. The van der Waals surface area contributed by atoms with Crippen LogP contribution in [0.3, 0.4) is 0 Å². The van der Waals surface area contributed by atoms with Crippen molar-refractivity contribution in [2.45, 2.75) is 51.9 Å². The van der Waals surface area contributed by atoms with Gasteiger partial charge in [0.1, 0.15) is 0 Å². The number of carbonyl (C=O) groups is 1. The van der Waals surface area contributed by atoms with Crippen LogP contribution in [-0.4, -0.2) is 51.0 Å². The largest absolute Gasteiger partial charge is 0.354 e. The zero-order chi connectivity index (χ0) is 15.7. The molecule has 22 heavy (non-hydrogen) atoms. The van der Waals surface area contributed by atoms with Crippen LogP contribution in [0.1, 0.15) is 32.4 Å². The van der Waals surface area contributed by atoms with Crippen LogP contribution in [0.25, 0.3) is 0 Å². The molecule has 3 N–H and O–H groups in total. The van der Waals surface area contributed by atoms with Crippen molar-refractivity contribution in [1.82, 2.24) is 25.2 Å². The summed E-state index contributed by atoms with van der Waals surface area (Å²) in [5.41, 5.74) is 6.40. The third-order valence-electron chi connectivity index (χ3n) is 4.84. The highest BCUT2D eigenvalue weighted by molar-refractivity contribution is 5.79. The van der Waals surface area contributed by atoms with Gasteiger partial charge in [-0.1, -0.05) is 5.21 Å². The van der Waals surface area contributed by atoms with E-state index in [1.165, 1.54) is 0 Å². The number of hydrogen-bond donors (Lipinski definition) is 2. The summed E-state index contributed by atoms with van der Waals surface area (Å²) in [5.74, 6) is 0.850. The van der Waals surface area contributed by atoms with Crippen molar-refractivity contribution in [2.75, 3.05) is 13.1 Å². The van der Waals surface area contributed by atoms with E-state index in [1.54, 1.807) is 0 Å². The number of carbonyl (C=O) groups excluding carboxylic acids is 1. The van der Waals surface area contributed by atoms with E-state index in [9.17, 15) is 4.79 Å². The molecule has 4 heterocycles. The molecule has 3 aliphatic rings. The van der Waals surface area contributed by atoms with Crippen molar-refractivity contribution in [1.29, 1.82) is 0 Å². The molecule has 0 saturated carbocycles. The van der Waals surface area contributed by atoms with E-state index in [0.717, 1.165) is 38.2 Å². The Morgan fingerprint density at radius 1 is 1.55 bits per heavy atom. The van der Waals surface area contributed by atoms with Crippen molar-refractivity contribution < 1.29 is 4.79 Å². The molecule has 0 spiro atoms. The quantitative estimate of drug-likeness (QED) is 0.797. The normalized spacial score (nSPS) is 30.7. The monoisotopic (exact) mass is 306 g/mol. The number of fused-ring (bicyclic) bond motifs is 3. The molecular formula is C15H26N6O. The predicted octanol–water partition coefficient (Wildman–Crippen LogP) is -0.0282. The number of nitrogens with two attached hydrogens (primary N) is 1. The third kappa shape index (κ3) is 3.15. The Labute approximate surface area is 131 Å². The Bertz CT molecular complexity index is 528. The van der Waals surface area contributed by atoms with Crippen LogP contribution in [0.2, 0.25) is 0 Å². The summed E-state index contributed by atoms with van der Waals surface area (Å²) in [6.07, 6.45) is 4.11. The summed E-state index contributed by atoms with van der Waals surface area (Å²) < 4.78 is 1.89. The SMILES string of the molecule is CC(C)NC(=O)[C@@H]1CN2CC[C@@H]1C[C@@H]2Cn1cc(CN)nn1. The van der Waals surface area contributed by atoms with Crippen molar-refractivity contribution in [3.63, 3.8) is 0 Å². The second kappa shape index (κ2) is 6.34. The van der Waals surface area contributed by atoms with Crippen LogP contribution in [0.5, 0.6) is 0 Å². The molecule has 1 amide bonds. The number of piperidine rings is 3. The van der Waals surface area contributed by atoms with Crippen LogP contribution in [0.4, 0.5) is 0 Å². The van der Waals surface area contributed by atoms with E-state index in [1.807, 2.05) is 24.7 Å². The minimum Gasteiger partial charge on any atom is -0.354 e. The van der Waals surface area contributed by atoms with Gasteiger partial charge in [-0.15, -0.1) is 5.10 Å². The first-order valence-electron chi connectivity index (χ1n) is 8.20. The number of aromatic nitrogens is 3. The van der Waals surface area contributed by atoms with Gasteiger partial charge in [-0.05, 0) is 39.2 Å². The average molecular weight is 306 g/mol. The van der Waals surface area contributed by atoms with E-state index >= 15 is 0 Å². The molecule has 7 heteroatoms. The second-order valence-electron chi connectivity index (χ2n) is 6.84. The summed E-state index contributed by atoms with van der Waals surface area (Å²) in [5, 5.41) is 11.2. The van der Waals surface area contributed by atoms with Gasteiger partial charge in [0.2, 0.25) is 5.91 Å². The highest BCUT2D eigenvalue weighted by Crippen LogP contribution is 2.36. The molecule has 1 aromatic rings. The molecule has 4 rings (SSSR count). The molecule has 1 aromatic heterocycles. The lowest BCUT2D eigenvalue weighted by atomic mass is 9.75. The fourth-order valence-corrected chi connectivity index (χ4v) is 3.75. The molecule has 7 nitrogen and oxygen atoms in total. The topological polar surface area (TPSA) is 89.1 Å². The molecule has 2 bridgehead atoms. The summed E-state index contributed by atoms with van der Waals surface area (Å²) in [6, 6.07) is 0.665. The Hall–Kier alpha value is -1.47. The smallest absolute Gasteiger partial charge is 0.224 e. The fraction of sp³-hybridized carbons (Fsp3) is 0.800. The van der Waals surface area contributed by atoms with E-state index in [4.69, 9.17) is 5.73 Å². The molecule has 0 aromatic carbocycles. The third-order valence-corrected chi connectivity index (χ3v) is 4.84. The van der Waals surface area contributed by atoms with E-state index in [0.29, 0.717) is 18.5 Å². The van der Waals surface area contributed by atoms with Gasteiger partial charge in [0, 0.05) is 31.4 Å². The molecule has 3 fully saturated rings. The lowest BCUT2D eigenvalue weighted by Crippen LogP contribution is -2.58. The maximum atomic E-state index is 12.3. The van der Waals surface area contributed by atoms with Gasteiger partial charge in [0.05, 0.1) is 18.2 Å². The van der Waals surface area contributed by atoms with E-state index < -0.39 is 0 Å². The summed E-state index contributed by atoms with van der Waals surface area (Å²) in [4.78, 5) is 14.8. The molecule has 0 radical (unpaired) electrons. The van der Waals surface area contributed by atoms with E-state index in [2.05, 4.69) is 20.5 Å². The second-order valence-corrected chi connectivity index (χ2v) is 6.84. The molecule has 3 saturated heterocycles. The van der Waals surface area contributed by atoms with Gasteiger partial charge in [0.15, 0.2) is 0 Å². The highest BCUT2D eigenvalue weighted by atomic mass is 16.2. The minimum absolute atomic E-state index is 0.141. The number of hydrogen-bond acceptors (Lipinski definition) is 5. The van der Waals surface area contributed by atoms with Crippen LogP contribution < -0.4 is 11.1 Å². The first-order valence-corrected chi connectivity index (χ1v) is 8.20. The van der Waals surface area contributed by atoms with Crippen LogP contribution in [0, 0.1) is 11.8 Å². The molecule has 4 atom stereocenters. The molecule has 3 aliphatic heterocycles. The number of nitrogens with zero attached hydrogens (tertiary/aromatic N) is 4. The van der Waals surface area contributed by atoms with Gasteiger partial charge in [-0.2, -0.15) is 0 Å². The van der Waals surface area contributed by atoms with Crippen molar-refractivity contribution >= 4 is 5.91 Å². The van der Waals surface area contributed by atoms with Crippen molar-refractivity contribution in [3.8, 4) is 0 Å². The highest BCUT2D eigenvalue weighted by Gasteiger charge is 2.43. The Morgan fingerprint density at radius 2 is 2.36 bits per heavy atom. The Balaban J connectivity index is 1.61. The summed E-state index contributed by atoms with van der Waals surface area (Å²) in [6.45, 7) is 7.24. The molecular weight excluding hydrogens is 280 g/mol. The van der Waals surface area contributed by atoms with Gasteiger partial charge in [-0.3, -0.25) is 14.4 Å². The van der Waals surface area contributed by atoms with Gasteiger partial charge in [-0.25, -0.2) is 0 Å². The maximum absolute atomic E-state index is 12.3. The Kier molecular flexibility index (Phi) is 4.44. The zero-order valence-corrected chi connectivity index (χ0v) is 13.4. The zero-order valence-electron chi connectivity index (χ0n) is 13.4. The summed E-state index contributed by atoms with van der Waals surface area (Å²) in [7, 11) is 0. The van der Waals surface area contributed by atoms with Gasteiger partial charge in [0.25, 0.3) is 0 Å². The molecule has 122 valence electrons. The maximum Gasteiger partial charge on any atom is 0.224 e. The number of rotatable bonds is 5. The van der Waals surface area contributed by atoms with Crippen LogP contribution >= 0.6 is 0 Å². The first-order chi connectivity index (χ1) is 10.6. The first kappa shape index (κ1) is 15.4. The van der Waals surface area contributed by atoms with Crippen molar-refractivity contribution in [3.05, 3.63) is 11.9 Å². The van der Waals surface area contributed by atoms with E-state index in [-0.39, 0.29) is 17.9 Å². The fourth-order valence-electron chi connectivity index (χ4n) is 3.75. The minimum atomic E-state index is 0.141. The Morgan fingerprint density at radius 3 is 2.95 bits per heavy atom. The predicted molar refractivity (Wildman–Crippen MR) is 82.8 cm³/mol. The lowest BCUT2D eigenvalue weighted by Gasteiger charge is -2.49. The molecule has 0 aliphatic carbocycles. The number of amides is 1. The lowest BCUT2D eigenvalue weighted by molar-refractivity contribution is -0.133. The van der Waals surface area contributed by atoms with Crippen LogP contribution in [0.15, 0.2) is 6.20 Å².